The van der Waals surface area contributed by atoms with Gasteiger partial charge in [0.1, 0.15) is 28.6 Å². The third kappa shape index (κ3) is 3.74. The molecule has 0 radical (unpaired) electrons. The van der Waals surface area contributed by atoms with E-state index >= 15 is 0 Å². The van der Waals surface area contributed by atoms with Crippen LogP contribution in [0, 0.1) is 6.92 Å². The molecular weight excluding hydrogens is 379 g/mol. The summed E-state index contributed by atoms with van der Waals surface area (Å²) in [6.07, 6.45) is 2.51. The van der Waals surface area contributed by atoms with E-state index in [0.29, 0.717) is 21.6 Å². The van der Waals surface area contributed by atoms with Gasteiger partial charge in [0.25, 0.3) is 0 Å². The summed E-state index contributed by atoms with van der Waals surface area (Å²) in [5.41, 5.74) is -0.599. The van der Waals surface area contributed by atoms with Gasteiger partial charge in [0.15, 0.2) is 5.78 Å². The molecule has 3 aromatic rings. The van der Waals surface area contributed by atoms with Crippen LogP contribution in [0.1, 0.15) is 21.9 Å². The van der Waals surface area contributed by atoms with Crippen molar-refractivity contribution in [3.8, 4) is 17.1 Å². The van der Waals surface area contributed by atoms with Crippen molar-refractivity contribution in [3.63, 3.8) is 0 Å². The molecule has 132 valence electrons. The number of benzene rings is 1. The first-order chi connectivity index (χ1) is 12.3. The van der Waals surface area contributed by atoms with Crippen LogP contribution in [0.5, 0.6) is 5.75 Å². The molecule has 0 saturated heterocycles. The molecule has 2 aromatic heterocycles. The van der Waals surface area contributed by atoms with Crippen LogP contribution in [-0.2, 0) is 0 Å². The minimum Gasteiger partial charge on any atom is -0.507 e. The van der Waals surface area contributed by atoms with Gasteiger partial charge < -0.3 is 13.9 Å². The lowest BCUT2D eigenvalue weighted by atomic mass is 10.1. The lowest BCUT2D eigenvalue weighted by Crippen LogP contribution is -2.12. The van der Waals surface area contributed by atoms with Crippen molar-refractivity contribution in [1.29, 1.82) is 0 Å². The first-order valence-electron chi connectivity index (χ1n) is 7.46. The van der Waals surface area contributed by atoms with Crippen LogP contribution in [0.15, 0.2) is 56.1 Å². The van der Waals surface area contributed by atoms with Gasteiger partial charge in [-0.1, -0.05) is 23.2 Å². The number of aryl methyl sites for hydroxylation is 1. The number of carbonyl (C=O) groups is 1. The number of halogens is 2. The van der Waals surface area contributed by atoms with Gasteiger partial charge in [-0.3, -0.25) is 4.79 Å². The predicted molar refractivity (Wildman–Crippen MR) is 98.9 cm³/mol. The van der Waals surface area contributed by atoms with Crippen molar-refractivity contribution >= 4 is 35.1 Å². The highest BCUT2D eigenvalue weighted by molar-refractivity contribution is 6.42. The zero-order valence-corrected chi connectivity index (χ0v) is 15.0. The highest BCUT2D eigenvalue weighted by atomic mass is 35.5. The van der Waals surface area contributed by atoms with Crippen LogP contribution < -0.4 is 5.63 Å². The number of furan rings is 1. The maximum Gasteiger partial charge on any atom is 0.351 e. The fourth-order valence-electron chi connectivity index (χ4n) is 2.31. The summed E-state index contributed by atoms with van der Waals surface area (Å²) in [4.78, 5) is 23.9. The third-order valence-electron chi connectivity index (χ3n) is 3.53. The van der Waals surface area contributed by atoms with Gasteiger partial charge in [-0.05, 0) is 49.4 Å². The summed E-state index contributed by atoms with van der Waals surface area (Å²) in [5, 5.41) is 10.6. The Labute approximate surface area is 158 Å². The maximum absolute atomic E-state index is 12.1. The van der Waals surface area contributed by atoms with Crippen LogP contribution in [0.2, 0.25) is 10.0 Å². The number of hydrogen-bond donors (Lipinski definition) is 1. The minimum atomic E-state index is -0.895. The van der Waals surface area contributed by atoms with Crippen molar-refractivity contribution in [3.05, 3.63) is 80.0 Å². The van der Waals surface area contributed by atoms with Gasteiger partial charge in [0, 0.05) is 11.6 Å². The van der Waals surface area contributed by atoms with Crippen LogP contribution >= 0.6 is 23.2 Å². The van der Waals surface area contributed by atoms with E-state index < -0.39 is 22.7 Å². The van der Waals surface area contributed by atoms with Crippen molar-refractivity contribution < 1.29 is 18.7 Å². The van der Waals surface area contributed by atoms with Crippen molar-refractivity contribution in [2.75, 3.05) is 0 Å². The monoisotopic (exact) mass is 390 g/mol. The minimum absolute atomic E-state index is 0.213. The van der Waals surface area contributed by atoms with E-state index in [1.165, 1.54) is 19.1 Å². The van der Waals surface area contributed by atoms with Crippen molar-refractivity contribution in [2.45, 2.75) is 6.92 Å². The quantitative estimate of drug-likeness (QED) is 0.493. The van der Waals surface area contributed by atoms with E-state index in [9.17, 15) is 14.7 Å². The Balaban J connectivity index is 1.84. The van der Waals surface area contributed by atoms with E-state index in [1.807, 2.05) is 0 Å². The molecule has 0 atom stereocenters. The second-order valence-electron chi connectivity index (χ2n) is 5.43. The zero-order chi connectivity index (χ0) is 18.8. The van der Waals surface area contributed by atoms with Crippen molar-refractivity contribution in [2.24, 2.45) is 0 Å². The molecule has 0 amide bonds. The van der Waals surface area contributed by atoms with E-state index in [4.69, 9.17) is 32.0 Å². The van der Waals surface area contributed by atoms with Crippen LogP contribution in [-0.4, -0.2) is 10.9 Å². The smallest absolute Gasteiger partial charge is 0.351 e. The molecule has 0 bridgehead atoms. The SMILES string of the molecule is Cc1cc(O)c(C(=O)/C=C/c2ccc(-c3ccc(Cl)c(Cl)c3)o2)c(=O)o1. The van der Waals surface area contributed by atoms with E-state index in [-0.39, 0.29) is 5.76 Å². The molecule has 0 saturated carbocycles. The van der Waals surface area contributed by atoms with E-state index in [2.05, 4.69) is 0 Å². The second-order valence-corrected chi connectivity index (χ2v) is 6.25. The molecule has 1 aromatic carbocycles. The van der Waals surface area contributed by atoms with E-state index in [1.54, 1.807) is 30.3 Å². The lowest BCUT2D eigenvalue weighted by Gasteiger charge is -2.00. The summed E-state index contributed by atoms with van der Waals surface area (Å²) < 4.78 is 10.5. The number of rotatable bonds is 4. The standard InChI is InChI=1S/C19H12Cl2O5/c1-10-8-16(23)18(19(24)25-10)15(22)6-3-12-4-7-17(26-12)11-2-5-13(20)14(21)9-11/h2-9,23H,1H3/b6-3+. The molecule has 7 heteroatoms. The van der Waals surface area contributed by atoms with Gasteiger partial charge in [0.2, 0.25) is 0 Å². The molecule has 3 rings (SSSR count). The molecule has 2 heterocycles. The Morgan fingerprint density at radius 3 is 2.54 bits per heavy atom. The number of carbonyl (C=O) groups excluding carboxylic acids is 1. The van der Waals surface area contributed by atoms with Gasteiger partial charge in [-0.2, -0.15) is 0 Å². The number of aromatic hydroxyl groups is 1. The van der Waals surface area contributed by atoms with Crippen LogP contribution in [0.25, 0.3) is 17.4 Å². The third-order valence-corrected chi connectivity index (χ3v) is 4.27. The highest BCUT2D eigenvalue weighted by Crippen LogP contribution is 2.29. The molecule has 0 fully saturated rings. The number of ketones is 1. The van der Waals surface area contributed by atoms with Gasteiger partial charge in [-0.15, -0.1) is 0 Å². The summed E-state index contributed by atoms with van der Waals surface area (Å²) in [6.45, 7) is 1.50. The topological polar surface area (TPSA) is 80.6 Å². The number of allylic oxidation sites excluding steroid dienone is 1. The molecule has 0 aliphatic rings. The summed E-state index contributed by atoms with van der Waals surface area (Å²) in [5.74, 6) is 0.0159. The molecule has 5 nitrogen and oxygen atoms in total. The first kappa shape index (κ1) is 18.0. The Morgan fingerprint density at radius 2 is 1.85 bits per heavy atom. The molecule has 0 aliphatic carbocycles. The molecule has 0 unspecified atom stereocenters. The predicted octanol–water partition coefficient (Wildman–Crippen LogP) is 5.12. The van der Waals surface area contributed by atoms with Gasteiger partial charge >= 0.3 is 5.63 Å². The maximum atomic E-state index is 12.1. The molecule has 26 heavy (non-hydrogen) atoms. The fraction of sp³-hybridized carbons (Fsp3) is 0.0526. The van der Waals surface area contributed by atoms with Crippen molar-refractivity contribution in [1.82, 2.24) is 0 Å². The van der Waals surface area contributed by atoms with E-state index in [0.717, 1.165) is 11.6 Å². The summed E-state index contributed by atoms with van der Waals surface area (Å²) in [6, 6.07) is 9.64. The Bertz CT molecular complexity index is 1080. The Hall–Kier alpha value is -2.76. The lowest BCUT2D eigenvalue weighted by molar-refractivity contribution is 0.104. The summed E-state index contributed by atoms with van der Waals surface area (Å²) in [7, 11) is 0. The largest absolute Gasteiger partial charge is 0.507 e. The average Bonchev–Trinajstić information content (AvgIpc) is 3.03. The average molecular weight is 391 g/mol. The molecule has 1 N–H and O–H groups in total. The van der Waals surface area contributed by atoms with Gasteiger partial charge in [-0.25, -0.2) is 4.79 Å². The van der Waals surface area contributed by atoms with Crippen LogP contribution in [0.3, 0.4) is 0 Å². The van der Waals surface area contributed by atoms with Crippen LogP contribution in [0.4, 0.5) is 0 Å². The number of hydrogen-bond acceptors (Lipinski definition) is 5. The second kappa shape index (κ2) is 7.23. The zero-order valence-electron chi connectivity index (χ0n) is 13.5. The normalized spacial score (nSPS) is 11.2. The molecule has 0 spiro atoms. The molecular formula is C19H12Cl2O5. The Morgan fingerprint density at radius 1 is 1.08 bits per heavy atom. The highest BCUT2D eigenvalue weighted by Gasteiger charge is 2.16. The Kier molecular flexibility index (Phi) is 5.02. The fourth-order valence-corrected chi connectivity index (χ4v) is 2.61. The molecule has 0 aliphatic heterocycles. The van der Waals surface area contributed by atoms with Gasteiger partial charge in [0.05, 0.1) is 10.0 Å². The summed E-state index contributed by atoms with van der Waals surface area (Å²) >= 11 is 11.9. The first-order valence-corrected chi connectivity index (χ1v) is 8.22.